The number of nitrogens with two attached hydrogens (primary N) is 1. The zero-order chi connectivity index (χ0) is 10.8. The average Bonchev–Trinajstić information content (AvgIpc) is 2.78. The van der Waals surface area contributed by atoms with E-state index in [-0.39, 0.29) is 6.04 Å². The maximum Gasteiger partial charge on any atom is 0.0454 e. The third kappa shape index (κ3) is 2.10. The summed E-state index contributed by atoms with van der Waals surface area (Å²) in [5.41, 5.74) is 6.30. The Bertz CT molecular complexity index is 397. The minimum Gasteiger partial charge on any atom is -0.323 e. The largest absolute Gasteiger partial charge is 0.323 e. The number of hydrogen-bond acceptors (Lipinski definition) is 3. The van der Waals surface area contributed by atoms with Gasteiger partial charge in [0.05, 0.1) is 0 Å². The van der Waals surface area contributed by atoms with Crippen molar-refractivity contribution in [3.8, 4) is 0 Å². The lowest BCUT2D eigenvalue weighted by Gasteiger charge is -2.19. The molecule has 2 aromatic rings. The quantitative estimate of drug-likeness (QED) is 0.841. The Balaban J connectivity index is 2.26. The van der Waals surface area contributed by atoms with E-state index in [2.05, 4.69) is 31.4 Å². The molecule has 0 aliphatic heterocycles. The van der Waals surface area contributed by atoms with Crippen molar-refractivity contribution in [2.75, 3.05) is 0 Å². The molecule has 0 aliphatic rings. The molecule has 0 saturated carbocycles. The second-order valence-corrected chi connectivity index (χ2v) is 5.96. The lowest BCUT2D eigenvalue weighted by atomic mass is 9.94. The van der Waals surface area contributed by atoms with Gasteiger partial charge in [-0.15, -0.1) is 22.7 Å². The maximum absolute atomic E-state index is 6.30. The lowest BCUT2D eigenvalue weighted by molar-refractivity contribution is 0.410. The highest BCUT2D eigenvalue weighted by Crippen LogP contribution is 2.36. The minimum atomic E-state index is 0.226. The van der Waals surface area contributed by atoms with E-state index in [9.17, 15) is 0 Å². The molecule has 0 bridgehead atoms. The highest BCUT2D eigenvalue weighted by molar-refractivity contribution is 7.26. The molecular formula is C12H17NS2. The van der Waals surface area contributed by atoms with Crippen LogP contribution in [0.1, 0.15) is 37.6 Å². The van der Waals surface area contributed by atoms with Crippen LogP contribution in [0.4, 0.5) is 0 Å². The number of hydrogen-bond donors (Lipinski definition) is 1. The van der Waals surface area contributed by atoms with E-state index in [0.717, 1.165) is 0 Å². The molecule has 0 spiro atoms. The summed E-state index contributed by atoms with van der Waals surface area (Å²) in [5.74, 6) is 0.623. The van der Waals surface area contributed by atoms with Crippen LogP contribution in [0.15, 0.2) is 17.5 Å². The second kappa shape index (κ2) is 4.64. The minimum absolute atomic E-state index is 0.226. The van der Waals surface area contributed by atoms with Gasteiger partial charge < -0.3 is 5.73 Å². The molecule has 0 fully saturated rings. The van der Waals surface area contributed by atoms with E-state index in [1.54, 1.807) is 0 Å². The van der Waals surface area contributed by atoms with Gasteiger partial charge in [-0.3, -0.25) is 0 Å². The van der Waals surface area contributed by atoms with Crippen LogP contribution in [0.2, 0.25) is 0 Å². The summed E-state index contributed by atoms with van der Waals surface area (Å²) in [6.07, 6.45) is 2.34. The number of rotatable bonds is 4. The SMILES string of the molecule is CCC(CC)C(N)c1cc2sccc2s1. The van der Waals surface area contributed by atoms with E-state index in [4.69, 9.17) is 5.73 Å². The monoisotopic (exact) mass is 239 g/mol. The molecular weight excluding hydrogens is 222 g/mol. The van der Waals surface area contributed by atoms with E-state index < -0.39 is 0 Å². The first-order valence-electron chi connectivity index (χ1n) is 5.48. The van der Waals surface area contributed by atoms with Crippen LogP contribution >= 0.6 is 22.7 Å². The molecule has 0 saturated heterocycles. The van der Waals surface area contributed by atoms with Gasteiger partial charge in [0, 0.05) is 20.3 Å². The summed E-state index contributed by atoms with van der Waals surface area (Å²) in [6.45, 7) is 4.45. The highest BCUT2D eigenvalue weighted by atomic mass is 32.1. The van der Waals surface area contributed by atoms with Crippen LogP contribution in [0.5, 0.6) is 0 Å². The van der Waals surface area contributed by atoms with Gasteiger partial charge in [0.2, 0.25) is 0 Å². The molecule has 82 valence electrons. The van der Waals surface area contributed by atoms with Gasteiger partial charge >= 0.3 is 0 Å². The molecule has 2 aromatic heterocycles. The van der Waals surface area contributed by atoms with Crippen LogP contribution < -0.4 is 5.73 Å². The fourth-order valence-corrected chi connectivity index (χ4v) is 4.19. The Morgan fingerprint density at radius 2 is 2.00 bits per heavy atom. The van der Waals surface area contributed by atoms with Crippen molar-refractivity contribution in [2.45, 2.75) is 32.7 Å². The first-order valence-corrected chi connectivity index (χ1v) is 7.18. The van der Waals surface area contributed by atoms with Gasteiger partial charge in [0.25, 0.3) is 0 Å². The second-order valence-electron chi connectivity index (χ2n) is 3.90. The van der Waals surface area contributed by atoms with Crippen molar-refractivity contribution in [1.29, 1.82) is 0 Å². The van der Waals surface area contributed by atoms with Crippen molar-refractivity contribution in [2.24, 2.45) is 11.7 Å². The predicted molar refractivity (Wildman–Crippen MR) is 70.7 cm³/mol. The standard InChI is InChI=1S/C12H17NS2/c1-3-8(4-2)12(13)11-7-10-9(15-11)5-6-14-10/h5-8,12H,3-4,13H2,1-2H3. The van der Waals surface area contributed by atoms with E-state index >= 15 is 0 Å². The van der Waals surface area contributed by atoms with Crippen LogP contribution in [0.25, 0.3) is 9.40 Å². The molecule has 0 amide bonds. The maximum atomic E-state index is 6.30. The Morgan fingerprint density at radius 1 is 1.27 bits per heavy atom. The summed E-state index contributed by atoms with van der Waals surface area (Å²) in [5, 5.41) is 2.15. The van der Waals surface area contributed by atoms with E-state index in [0.29, 0.717) is 5.92 Å². The summed E-state index contributed by atoms with van der Waals surface area (Å²) in [7, 11) is 0. The molecule has 15 heavy (non-hydrogen) atoms. The summed E-state index contributed by atoms with van der Waals surface area (Å²) in [6, 6.07) is 4.69. The molecule has 1 nitrogen and oxygen atoms in total. The third-order valence-corrected chi connectivity index (χ3v) is 5.24. The molecule has 0 aliphatic carbocycles. The third-order valence-electron chi connectivity index (χ3n) is 3.04. The van der Waals surface area contributed by atoms with Gasteiger partial charge in [-0.25, -0.2) is 0 Å². The van der Waals surface area contributed by atoms with Crippen LogP contribution in [0.3, 0.4) is 0 Å². The molecule has 0 aromatic carbocycles. The van der Waals surface area contributed by atoms with Gasteiger partial charge in [-0.1, -0.05) is 26.7 Å². The molecule has 1 unspecified atom stereocenters. The van der Waals surface area contributed by atoms with Crippen molar-refractivity contribution in [3.63, 3.8) is 0 Å². The summed E-state index contributed by atoms with van der Waals surface area (Å²) in [4.78, 5) is 1.35. The van der Waals surface area contributed by atoms with Crippen LogP contribution in [-0.2, 0) is 0 Å². The Hall–Kier alpha value is -0.380. The topological polar surface area (TPSA) is 26.0 Å². The molecule has 2 N–H and O–H groups in total. The lowest BCUT2D eigenvalue weighted by Crippen LogP contribution is -2.19. The normalized spacial score (nSPS) is 13.9. The van der Waals surface area contributed by atoms with Gasteiger partial charge in [0.1, 0.15) is 0 Å². The zero-order valence-electron chi connectivity index (χ0n) is 9.19. The summed E-state index contributed by atoms with van der Waals surface area (Å²) >= 11 is 3.66. The van der Waals surface area contributed by atoms with Crippen molar-refractivity contribution in [3.05, 3.63) is 22.4 Å². The summed E-state index contributed by atoms with van der Waals surface area (Å²) < 4.78 is 2.77. The molecule has 3 heteroatoms. The van der Waals surface area contributed by atoms with Crippen LogP contribution in [0, 0.1) is 5.92 Å². The Morgan fingerprint density at radius 3 is 2.60 bits per heavy atom. The molecule has 1 atom stereocenters. The Kier molecular flexibility index (Phi) is 3.44. The first kappa shape index (κ1) is 11.1. The fraction of sp³-hybridized carbons (Fsp3) is 0.500. The van der Waals surface area contributed by atoms with Crippen molar-refractivity contribution in [1.82, 2.24) is 0 Å². The fourth-order valence-electron chi connectivity index (χ4n) is 1.98. The zero-order valence-corrected chi connectivity index (χ0v) is 10.8. The highest BCUT2D eigenvalue weighted by Gasteiger charge is 2.18. The molecule has 0 radical (unpaired) electrons. The number of fused-ring (bicyclic) bond motifs is 1. The Labute approximate surface area is 98.9 Å². The van der Waals surface area contributed by atoms with E-state index in [1.807, 2.05) is 22.7 Å². The first-order chi connectivity index (χ1) is 7.26. The molecule has 2 heterocycles. The van der Waals surface area contributed by atoms with Crippen molar-refractivity contribution < 1.29 is 0 Å². The molecule has 2 rings (SSSR count). The van der Waals surface area contributed by atoms with Gasteiger partial charge in [-0.2, -0.15) is 0 Å². The van der Waals surface area contributed by atoms with E-state index in [1.165, 1.54) is 27.1 Å². The van der Waals surface area contributed by atoms with Crippen molar-refractivity contribution >= 4 is 32.1 Å². The van der Waals surface area contributed by atoms with Crippen LogP contribution in [-0.4, -0.2) is 0 Å². The predicted octanol–water partition coefficient (Wildman–Crippen LogP) is 4.40. The van der Waals surface area contributed by atoms with Gasteiger partial charge in [-0.05, 0) is 23.4 Å². The smallest absolute Gasteiger partial charge is 0.0454 e. The van der Waals surface area contributed by atoms with Gasteiger partial charge in [0.15, 0.2) is 0 Å². The number of thiophene rings is 2. The average molecular weight is 239 g/mol.